The SMILES string of the molecule is C=Cc1cc(OC)c(OC)cc1CCNC(C)=O. The third-order valence-electron chi connectivity index (χ3n) is 2.63. The first-order chi connectivity index (χ1) is 8.62. The number of rotatable bonds is 6. The minimum Gasteiger partial charge on any atom is -0.493 e. The topological polar surface area (TPSA) is 47.6 Å². The van der Waals surface area contributed by atoms with Gasteiger partial charge in [-0.05, 0) is 29.7 Å². The van der Waals surface area contributed by atoms with Crippen molar-refractivity contribution in [1.29, 1.82) is 0 Å². The van der Waals surface area contributed by atoms with E-state index in [9.17, 15) is 4.79 Å². The molecule has 4 nitrogen and oxygen atoms in total. The Kier molecular flexibility index (Phi) is 5.24. The van der Waals surface area contributed by atoms with E-state index in [1.165, 1.54) is 6.92 Å². The Morgan fingerprint density at radius 2 is 1.94 bits per heavy atom. The van der Waals surface area contributed by atoms with E-state index >= 15 is 0 Å². The van der Waals surface area contributed by atoms with Crippen LogP contribution in [0.15, 0.2) is 18.7 Å². The van der Waals surface area contributed by atoms with Gasteiger partial charge in [0, 0.05) is 13.5 Å². The van der Waals surface area contributed by atoms with Crippen molar-refractivity contribution in [3.8, 4) is 11.5 Å². The second-order valence-electron chi connectivity index (χ2n) is 3.84. The molecule has 0 spiro atoms. The summed E-state index contributed by atoms with van der Waals surface area (Å²) in [6, 6.07) is 3.80. The van der Waals surface area contributed by atoms with Crippen LogP contribution in [0.2, 0.25) is 0 Å². The van der Waals surface area contributed by atoms with Crippen LogP contribution in [-0.2, 0) is 11.2 Å². The van der Waals surface area contributed by atoms with Crippen molar-refractivity contribution in [1.82, 2.24) is 5.32 Å². The van der Waals surface area contributed by atoms with E-state index in [4.69, 9.17) is 9.47 Å². The predicted octanol–water partition coefficient (Wildman–Crippen LogP) is 2.03. The summed E-state index contributed by atoms with van der Waals surface area (Å²) in [6.45, 7) is 5.87. The summed E-state index contributed by atoms with van der Waals surface area (Å²) in [4.78, 5) is 10.8. The summed E-state index contributed by atoms with van der Waals surface area (Å²) < 4.78 is 10.5. The second kappa shape index (κ2) is 6.69. The van der Waals surface area contributed by atoms with Crippen LogP contribution in [-0.4, -0.2) is 26.7 Å². The van der Waals surface area contributed by atoms with E-state index in [1.807, 2.05) is 12.1 Å². The maximum Gasteiger partial charge on any atom is 0.216 e. The van der Waals surface area contributed by atoms with Crippen molar-refractivity contribution in [2.45, 2.75) is 13.3 Å². The fourth-order valence-electron chi connectivity index (χ4n) is 1.72. The first-order valence-electron chi connectivity index (χ1n) is 5.74. The van der Waals surface area contributed by atoms with Crippen LogP contribution in [0.1, 0.15) is 18.1 Å². The summed E-state index contributed by atoms with van der Waals surface area (Å²) in [5, 5.41) is 2.77. The highest BCUT2D eigenvalue weighted by Gasteiger charge is 2.09. The van der Waals surface area contributed by atoms with Crippen LogP contribution in [0.25, 0.3) is 6.08 Å². The van der Waals surface area contributed by atoms with Gasteiger partial charge in [-0.25, -0.2) is 0 Å². The van der Waals surface area contributed by atoms with Gasteiger partial charge < -0.3 is 14.8 Å². The van der Waals surface area contributed by atoms with Crippen molar-refractivity contribution >= 4 is 12.0 Å². The fraction of sp³-hybridized carbons (Fsp3) is 0.357. The monoisotopic (exact) mass is 249 g/mol. The lowest BCUT2D eigenvalue weighted by atomic mass is 10.0. The molecule has 98 valence electrons. The zero-order chi connectivity index (χ0) is 13.5. The molecule has 1 aromatic carbocycles. The quantitative estimate of drug-likeness (QED) is 0.839. The average molecular weight is 249 g/mol. The summed E-state index contributed by atoms with van der Waals surface area (Å²) >= 11 is 0. The second-order valence-corrected chi connectivity index (χ2v) is 3.84. The third kappa shape index (κ3) is 3.52. The zero-order valence-electron chi connectivity index (χ0n) is 11.1. The maximum atomic E-state index is 10.8. The number of nitrogens with one attached hydrogen (secondary N) is 1. The molecule has 0 aliphatic rings. The van der Waals surface area contributed by atoms with Crippen LogP contribution in [0, 0.1) is 0 Å². The molecule has 0 aliphatic carbocycles. The molecule has 0 aliphatic heterocycles. The van der Waals surface area contributed by atoms with E-state index in [0.29, 0.717) is 18.0 Å². The highest BCUT2D eigenvalue weighted by Crippen LogP contribution is 2.31. The Labute approximate surface area is 108 Å². The fourth-order valence-corrected chi connectivity index (χ4v) is 1.72. The van der Waals surface area contributed by atoms with Gasteiger partial charge in [0.25, 0.3) is 0 Å². The highest BCUT2D eigenvalue weighted by molar-refractivity contribution is 5.72. The van der Waals surface area contributed by atoms with Gasteiger partial charge in [0.15, 0.2) is 11.5 Å². The van der Waals surface area contributed by atoms with Crippen molar-refractivity contribution in [3.63, 3.8) is 0 Å². The van der Waals surface area contributed by atoms with E-state index < -0.39 is 0 Å². The van der Waals surface area contributed by atoms with Gasteiger partial charge in [-0.3, -0.25) is 4.79 Å². The first kappa shape index (κ1) is 14.1. The van der Waals surface area contributed by atoms with Crippen LogP contribution >= 0.6 is 0 Å². The number of carbonyl (C=O) groups is 1. The molecule has 0 saturated carbocycles. The minimum atomic E-state index is -0.0318. The van der Waals surface area contributed by atoms with Crippen LogP contribution in [0.3, 0.4) is 0 Å². The summed E-state index contributed by atoms with van der Waals surface area (Å²) in [7, 11) is 3.20. The molecule has 1 N–H and O–H groups in total. The maximum absolute atomic E-state index is 10.8. The Morgan fingerprint density at radius 1 is 1.33 bits per heavy atom. The van der Waals surface area contributed by atoms with Crippen LogP contribution < -0.4 is 14.8 Å². The molecule has 0 radical (unpaired) electrons. The van der Waals surface area contributed by atoms with Gasteiger partial charge in [-0.15, -0.1) is 0 Å². The number of carbonyl (C=O) groups excluding carboxylic acids is 1. The molecule has 1 rings (SSSR count). The van der Waals surface area contributed by atoms with Crippen molar-refractivity contribution in [2.75, 3.05) is 20.8 Å². The summed E-state index contributed by atoms with van der Waals surface area (Å²) in [6.07, 6.45) is 2.49. The molecule has 4 heteroatoms. The lowest BCUT2D eigenvalue weighted by molar-refractivity contribution is -0.118. The number of benzene rings is 1. The summed E-state index contributed by atoms with van der Waals surface area (Å²) in [5.74, 6) is 1.33. The molecular weight excluding hydrogens is 230 g/mol. The number of hydrogen-bond donors (Lipinski definition) is 1. The van der Waals surface area contributed by atoms with Crippen molar-refractivity contribution < 1.29 is 14.3 Å². The van der Waals surface area contributed by atoms with Gasteiger partial charge in [-0.1, -0.05) is 12.7 Å². The van der Waals surface area contributed by atoms with Gasteiger partial charge in [0.05, 0.1) is 14.2 Å². The molecule has 0 atom stereocenters. The number of hydrogen-bond acceptors (Lipinski definition) is 3. The van der Waals surface area contributed by atoms with Gasteiger partial charge in [0.2, 0.25) is 5.91 Å². The lowest BCUT2D eigenvalue weighted by Crippen LogP contribution is -2.22. The molecule has 0 aromatic heterocycles. The Hall–Kier alpha value is -1.97. The van der Waals surface area contributed by atoms with E-state index in [0.717, 1.165) is 17.5 Å². The van der Waals surface area contributed by atoms with Gasteiger partial charge >= 0.3 is 0 Å². The number of methoxy groups -OCH3 is 2. The van der Waals surface area contributed by atoms with Gasteiger partial charge in [0.1, 0.15) is 0 Å². The molecule has 18 heavy (non-hydrogen) atoms. The Morgan fingerprint density at radius 3 is 2.44 bits per heavy atom. The third-order valence-corrected chi connectivity index (χ3v) is 2.63. The largest absolute Gasteiger partial charge is 0.493 e. The zero-order valence-corrected chi connectivity index (χ0v) is 11.1. The van der Waals surface area contributed by atoms with Gasteiger partial charge in [-0.2, -0.15) is 0 Å². The average Bonchev–Trinajstić information content (AvgIpc) is 2.37. The Bertz CT molecular complexity index is 441. The van der Waals surface area contributed by atoms with Crippen LogP contribution in [0.5, 0.6) is 11.5 Å². The molecule has 0 fully saturated rings. The highest BCUT2D eigenvalue weighted by atomic mass is 16.5. The normalized spacial score (nSPS) is 9.72. The molecule has 0 unspecified atom stereocenters. The molecule has 0 heterocycles. The minimum absolute atomic E-state index is 0.0318. The first-order valence-corrected chi connectivity index (χ1v) is 5.74. The number of amides is 1. The van der Waals surface area contributed by atoms with Crippen LogP contribution in [0.4, 0.5) is 0 Å². The molecule has 0 saturated heterocycles. The molecular formula is C14H19NO3. The molecule has 0 bridgehead atoms. The smallest absolute Gasteiger partial charge is 0.216 e. The van der Waals surface area contributed by atoms with E-state index in [-0.39, 0.29) is 5.91 Å². The summed E-state index contributed by atoms with van der Waals surface area (Å²) in [5.41, 5.74) is 2.05. The van der Waals surface area contributed by atoms with E-state index in [1.54, 1.807) is 20.3 Å². The van der Waals surface area contributed by atoms with E-state index in [2.05, 4.69) is 11.9 Å². The number of ether oxygens (including phenoxy) is 2. The predicted molar refractivity (Wildman–Crippen MR) is 72.0 cm³/mol. The van der Waals surface area contributed by atoms with Crippen molar-refractivity contribution in [2.24, 2.45) is 0 Å². The van der Waals surface area contributed by atoms with Crippen molar-refractivity contribution in [3.05, 3.63) is 29.8 Å². The molecule has 1 aromatic rings. The lowest BCUT2D eigenvalue weighted by Gasteiger charge is -2.13. The molecule has 1 amide bonds. The Balaban J connectivity index is 2.94. The standard InChI is InChI=1S/C14H19NO3/c1-5-11-8-13(17-3)14(18-4)9-12(11)6-7-15-10(2)16/h5,8-9H,1,6-7H2,2-4H3,(H,15,16).